The number of carbonyl (C=O) groups excluding carboxylic acids is 1. The van der Waals surface area contributed by atoms with Crippen LogP contribution >= 0.6 is 22.9 Å². The van der Waals surface area contributed by atoms with Crippen LogP contribution in [0.15, 0.2) is 36.4 Å². The fraction of sp³-hybridized carbons (Fsp3) is 0.391. The van der Waals surface area contributed by atoms with Crippen LogP contribution in [-0.2, 0) is 4.79 Å². The highest BCUT2D eigenvalue weighted by Gasteiger charge is 2.29. The van der Waals surface area contributed by atoms with E-state index < -0.39 is 6.10 Å². The van der Waals surface area contributed by atoms with E-state index in [1.165, 1.54) is 9.71 Å². The molecular formula is C23H25ClN2O2S. The van der Waals surface area contributed by atoms with Crippen LogP contribution < -0.4 is 4.74 Å². The van der Waals surface area contributed by atoms with Crippen molar-refractivity contribution in [3.05, 3.63) is 57.6 Å². The molecule has 0 radical (unpaired) electrons. The number of hydrogen-bond acceptors (Lipinski definition) is 4. The number of benzene rings is 2. The Morgan fingerprint density at radius 3 is 2.52 bits per heavy atom. The molecule has 2 aromatic carbocycles. The van der Waals surface area contributed by atoms with Gasteiger partial charge in [0.05, 0.1) is 15.2 Å². The van der Waals surface area contributed by atoms with E-state index in [1.54, 1.807) is 11.3 Å². The monoisotopic (exact) mass is 428 g/mol. The molecule has 6 heteroatoms. The first-order valence-electron chi connectivity index (χ1n) is 10.00. The molecule has 1 aliphatic heterocycles. The number of para-hydroxylation sites is 1. The zero-order valence-electron chi connectivity index (χ0n) is 16.9. The van der Waals surface area contributed by atoms with Gasteiger partial charge in [-0.1, -0.05) is 23.7 Å². The lowest BCUT2D eigenvalue weighted by molar-refractivity contribution is -0.139. The Balaban J connectivity index is 1.37. The molecule has 0 aliphatic carbocycles. The Morgan fingerprint density at radius 1 is 1.21 bits per heavy atom. The van der Waals surface area contributed by atoms with Crippen molar-refractivity contribution in [2.75, 3.05) is 13.1 Å². The number of piperidine rings is 1. The maximum Gasteiger partial charge on any atom is 0.263 e. The number of thiazole rings is 1. The summed E-state index contributed by atoms with van der Waals surface area (Å²) in [4.78, 5) is 19.6. The van der Waals surface area contributed by atoms with Gasteiger partial charge in [-0.25, -0.2) is 4.98 Å². The zero-order chi connectivity index (χ0) is 20.5. The van der Waals surface area contributed by atoms with Crippen molar-refractivity contribution in [2.45, 2.75) is 45.6 Å². The zero-order valence-corrected chi connectivity index (χ0v) is 18.5. The first-order chi connectivity index (χ1) is 13.9. The number of ether oxygens (including phenoxy) is 1. The normalized spacial score (nSPS) is 16.2. The fourth-order valence-electron chi connectivity index (χ4n) is 3.90. The molecule has 29 heavy (non-hydrogen) atoms. The Bertz CT molecular complexity index is 984. The third-order valence-corrected chi connectivity index (χ3v) is 7.33. The van der Waals surface area contributed by atoms with E-state index in [9.17, 15) is 4.79 Å². The third kappa shape index (κ3) is 4.26. The number of carbonyl (C=O) groups is 1. The van der Waals surface area contributed by atoms with Gasteiger partial charge < -0.3 is 9.64 Å². The number of aromatic nitrogens is 1. The highest BCUT2D eigenvalue weighted by molar-refractivity contribution is 7.18. The van der Waals surface area contributed by atoms with Gasteiger partial charge in [0.1, 0.15) is 5.75 Å². The second-order valence-electron chi connectivity index (χ2n) is 7.75. The van der Waals surface area contributed by atoms with Crippen molar-refractivity contribution in [2.24, 2.45) is 0 Å². The molecule has 0 N–H and O–H groups in total. The summed E-state index contributed by atoms with van der Waals surface area (Å²) >= 11 is 8.00. The molecule has 0 spiro atoms. The van der Waals surface area contributed by atoms with Crippen molar-refractivity contribution >= 4 is 39.1 Å². The average Bonchev–Trinajstić information content (AvgIpc) is 3.16. The lowest BCUT2D eigenvalue weighted by atomic mass is 9.97. The summed E-state index contributed by atoms with van der Waals surface area (Å²) in [5.41, 5.74) is 2.98. The smallest absolute Gasteiger partial charge is 0.263 e. The lowest BCUT2D eigenvalue weighted by Crippen LogP contribution is -2.44. The molecule has 3 aromatic rings. The minimum Gasteiger partial charge on any atom is -0.481 e. The second kappa shape index (κ2) is 8.33. The van der Waals surface area contributed by atoms with Crippen LogP contribution in [-0.4, -0.2) is 35.0 Å². The maximum absolute atomic E-state index is 12.9. The van der Waals surface area contributed by atoms with Gasteiger partial charge in [0.2, 0.25) is 0 Å². The molecule has 1 unspecified atom stereocenters. The number of aryl methyl sites for hydroxylation is 2. The molecule has 1 saturated heterocycles. The van der Waals surface area contributed by atoms with Crippen LogP contribution in [0, 0.1) is 13.8 Å². The van der Waals surface area contributed by atoms with Crippen molar-refractivity contribution in [3.63, 3.8) is 0 Å². The molecule has 1 aromatic heterocycles. The van der Waals surface area contributed by atoms with E-state index in [2.05, 4.69) is 18.2 Å². The van der Waals surface area contributed by atoms with Crippen molar-refractivity contribution in [3.8, 4) is 5.75 Å². The number of nitrogens with zero attached hydrogens (tertiary/aromatic N) is 2. The number of hydrogen-bond donors (Lipinski definition) is 0. The van der Waals surface area contributed by atoms with Gasteiger partial charge in [0.25, 0.3) is 5.91 Å². The van der Waals surface area contributed by atoms with E-state index >= 15 is 0 Å². The third-order valence-electron chi connectivity index (χ3n) is 5.54. The summed E-state index contributed by atoms with van der Waals surface area (Å²) in [5, 5.41) is 1.93. The molecule has 1 fully saturated rings. The number of likely N-dealkylation sites (tertiary alicyclic amines) is 1. The summed E-state index contributed by atoms with van der Waals surface area (Å²) < 4.78 is 7.17. The van der Waals surface area contributed by atoms with E-state index in [0.29, 0.717) is 11.7 Å². The highest BCUT2D eigenvalue weighted by atomic mass is 35.5. The van der Waals surface area contributed by atoms with E-state index in [1.807, 2.05) is 43.9 Å². The maximum atomic E-state index is 12.9. The Hall–Kier alpha value is -2.11. The summed E-state index contributed by atoms with van der Waals surface area (Å²) in [5.74, 6) is 1.15. The summed E-state index contributed by atoms with van der Waals surface area (Å²) in [7, 11) is 0. The van der Waals surface area contributed by atoms with Gasteiger partial charge in [-0.15, -0.1) is 11.3 Å². The number of amides is 1. The SMILES string of the molecule is Cc1cc(OC(C)C(=O)N2CCC(c3nc4ccccc4s3)CC2)cc(C)c1Cl. The highest BCUT2D eigenvalue weighted by Crippen LogP contribution is 2.34. The Kier molecular flexibility index (Phi) is 5.79. The van der Waals surface area contributed by atoms with Crippen LogP contribution in [0.4, 0.5) is 0 Å². The van der Waals surface area contributed by atoms with Gasteiger partial charge >= 0.3 is 0 Å². The first-order valence-corrected chi connectivity index (χ1v) is 11.2. The molecule has 2 heterocycles. The minimum atomic E-state index is -0.519. The molecule has 1 amide bonds. The van der Waals surface area contributed by atoms with Gasteiger partial charge in [0.15, 0.2) is 6.10 Å². The first kappa shape index (κ1) is 20.2. The van der Waals surface area contributed by atoms with Crippen molar-refractivity contribution in [1.29, 1.82) is 0 Å². The quantitative estimate of drug-likeness (QED) is 0.532. The van der Waals surface area contributed by atoms with Gasteiger partial charge in [-0.3, -0.25) is 4.79 Å². The van der Waals surface area contributed by atoms with Crippen LogP contribution in [0.3, 0.4) is 0 Å². The average molecular weight is 429 g/mol. The predicted octanol–water partition coefficient (Wildman–Crippen LogP) is 5.74. The molecule has 4 rings (SSSR count). The fourth-order valence-corrected chi connectivity index (χ4v) is 5.14. The summed E-state index contributed by atoms with van der Waals surface area (Å²) in [6.07, 6.45) is 1.36. The standard InChI is InChI=1S/C23H25ClN2O2S/c1-14-12-18(13-15(2)21(14)24)28-16(3)23(27)26-10-8-17(9-11-26)22-25-19-6-4-5-7-20(19)29-22/h4-7,12-13,16-17H,8-11H2,1-3H3. The summed E-state index contributed by atoms with van der Waals surface area (Å²) in [6.45, 7) is 7.20. The van der Waals surface area contributed by atoms with Crippen molar-refractivity contribution < 1.29 is 9.53 Å². The van der Waals surface area contributed by atoms with E-state index in [-0.39, 0.29) is 5.91 Å². The van der Waals surface area contributed by atoms with Crippen LogP contribution in [0.1, 0.15) is 41.8 Å². The summed E-state index contributed by atoms with van der Waals surface area (Å²) in [6, 6.07) is 12.0. The van der Waals surface area contributed by atoms with Crippen LogP contribution in [0.2, 0.25) is 5.02 Å². The molecule has 1 aliphatic rings. The lowest BCUT2D eigenvalue weighted by Gasteiger charge is -2.32. The van der Waals surface area contributed by atoms with E-state index in [0.717, 1.165) is 47.6 Å². The Labute approximate surface area is 180 Å². The second-order valence-corrected chi connectivity index (χ2v) is 9.19. The number of fused-ring (bicyclic) bond motifs is 1. The minimum absolute atomic E-state index is 0.0398. The number of halogens is 1. The molecule has 152 valence electrons. The van der Waals surface area contributed by atoms with Crippen LogP contribution in [0.5, 0.6) is 5.75 Å². The predicted molar refractivity (Wildman–Crippen MR) is 119 cm³/mol. The van der Waals surface area contributed by atoms with Gasteiger partial charge in [-0.2, -0.15) is 0 Å². The van der Waals surface area contributed by atoms with Gasteiger partial charge in [-0.05, 0) is 69.0 Å². The van der Waals surface area contributed by atoms with Crippen molar-refractivity contribution in [1.82, 2.24) is 9.88 Å². The van der Waals surface area contributed by atoms with E-state index in [4.69, 9.17) is 21.3 Å². The molecule has 0 saturated carbocycles. The van der Waals surface area contributed by atoms with Gasteiger partial charge in [0, 0.05) is 24.0 Å². The molecule has 1 atom stereocenters. The molecule has 0 bridgehead atoms. The largest absolute Gasteiger partial charge is 0.481 e. The van der Waals surface area contributed by atoms with Crippen LogP contribution in [0.25, 0.3) is 10.2 Å². The topological polar surface area (TPSA) is 42.4 Å². The number of rotatable bonds is 4. The molecular weight excluding hydrogens is 404 g/mol. The Morgan fingerprint density at radius 2 is 1.86 bits per heavy atom. The molecule has 4 nitrogen and oxygen atoms in total.